The molecule has 12 heavy (non-hydrogen) atoms. The molecule has 0 fully saturated rings. The number of hydrogen-bond acceptors (Lipinski definition) is 2. The first kappa shape index (κ1) is 9.26. The summed E-state index contributed by atoms with van der Waals surface area (Å²) in [6.07, 6.45) is 2.11. The van der Waals surface area contributed by atoms with Crippen LogP contribution in [0.3, 0.4) is 0 Å². The van der Waals surface area contributed by atoms with Gasteiger partial charge in [-0.2, -0.15) is 5.10 Å². The minimum absolute atomic E-state index is 0.933. The van der Waals surface area contributed by atoms with Crippen LogP contribution in [-0.4, -0.2) is 16.3 Å². The summed E-state index contributed by atoms with van der Waals surface area (Å²) in [5.41, 5.74) is 2.44. The minimum Gasteiger partial charge on any atom is -0.313 e. The lowest BCUT2D eigenvalue weighted by Gasteiger charge is -1.97. The van der Waals surface area contributed by atoms with E-state index in [0.717, 1.165) is 25.3 Å². The molecule has 0 saturated heterocycles. The molecule has 0 amide bonds. The normalized spacial score (nSPS) is 10.6. The number of nitrogens with one attached hydrogen (secondary N) is 1. The third kappa shape index (κ3) is 2.08. The Bertz CT molecular complexity index is 240. The molecule has 68 valence electrons. The average Bonchev–Trinajstić information content (AvgIpc) is 2.43. The molecular formula is C9H17N3. The number of hydrogen-bond donors (Lipinski definition) is 1. The Morgan fingerprint density at radius 3 is 2.75 bits per heavy atom. The summed E-state index contributed by atoms with van der Waals surface area (Å²) in [4.78, 5) is 0. The van der Waals surface area contributed by atoms with Crippen molar-refractivity contribution in [1.82, 2.24) is 15.1 Å². The maximum Gasteiger partial charge on any atom is 0.0638 e. The van der Waals surface area contributed by atoms with Gasteiger partial charge in [0.25, 0.3) is 0 Å². The molecule has 0 aliphatic carbocycles. The van der Waals surface area contributed by atoms with Crippen LogP contribution >= 0.6 is 0 Å². The molecule has 0 aliphatic rings. The van der Waals surface area contributed by atoms with Gasteiger partial charge >= 0.3 is 0 Å². The van der Waals surface area contributed by atoms with Gasteiger partial charge in [-0.1, -0.05) is 6.92 Å². The van der Waals surface area contributed by atoms with Crippen LogP contribution in [0.5, 0.6) is 0 Å². The van der Waals surface area contributed by atoms with Gasteiger partial charge in [0.1, 0.15) is 0 Å². The van der Waals surface area contributed by atoms with E-state index in [4.69, 9.17) is 0 Å². The lowest BCUT2D eigenvalue weighted by Crippen LogP contribution is -2.11. The first-order chi connectivity index (χ1) is 5.77. The van der Waals surface area contributed by atoms with Crippen LogP contribution in [0.25, 0.3) is 0 Å². The van der Waals surface area contributed by atoms with Gasteiger partial charge in [0.05, 0.1) is 5.69 Å². The summed E-state index contributed by atoms with van der Waals surface area (Å²) in [5.74, 6) is 0. The average molecular weight is 167 g/mol. The van der Waals surface area contributed by atoms with E-state index in [0.29, 0.717) is 0 Å². The molecule has 0 saturated carbocycles. The number of nitrogens with zero attached hydrogens (tertiary/aromatic N) is 2. The largest absolute Gasteiger partial charge is 0.313 e. The summed E-state index contributed by atoms with van der Waals surface area (Å²) < 4.78 is 1.97. The fraction of sp³-hybridized carbons (Fsp3) is 0.667. The number of aromatic nitrogens is 2. The molecule has 0 atom stereocenters. The van der Waals surface area contributed by atoms with Gasteiger partial charge in [-0.05, 0) is 20.4 Å². The van der Waals surface area contributed by atoms with E-state index in [1.165, 1.54) is 5.56 Å². The Balaban J connectivity index is 2.64. The summed E-state index contributed by atoms with van der Waals surface area (Å²) >= 11 is 0. The lowest BCUT2D eigenvalue weighted by molar-refractivity contribution is 0.652. The van der Waals surface area contributed by atoms with Gasteiger partial charge in [0.15, 0.2) is 0 Å². The van der Waals surface area contributed by atoms with Gasteiger partial charge in [-0.3, -0.25) is 4.68 Å². The molecule has 1 aromatic rings. The van der Waals surface area contributed by atoms with Crippen LogP contribution in [-0.2, 0) is 13.1 Å². The van der Waals surface area contributed by atoms with Crippen molar-refractivity contribution < 1.29 is 0 Å². The molecule has 1 rings (SSSR count). The van der Waals surface area contributed by atoms with Crippen LogP contribution in [0.15, 0.2) is 6.20 Å². The van der Waals surface area contributed by atoms with Gasteiger partial charge in [-0.15, -0.1) is 0 Å². The standard InChI is InChI=1S/C9H17N3/c1-4-10-6-9-7-12(5-2)11-8(9)3/h7,10H,4-6H2,1-3H3. The van der Waals surface area contributed by atoms with Crippen LogP contribution < -0.4 is 5.32 Å². The second-order valence-corrected chi connectivity index (χ2v) is 2.88. The zero-order valence-corrected chi connectivity index (χ0v) is 8.09. The van der Waals surface area contributed by atoms with E-state index >= 15 is 0 Å². The summed E-state index contributed by atoms with van der Waals surface area (Å²) in [6.45, 7) is 9.16. The zero-order chi connectivity index (χ0) is 8.97. The second kappa shape index (κ2) is 4.26. The van der Waals surface area contributed by atoms with Gasteiger partial charge < -0.3 is 5.32 Å². The van der Waals surface area contributed by atoms with Gasteiger partial charge in [0, 0.05) is 24.8 Å². The number of rotatable bonds is 4. The molecule has 1 heterocycles. The van der Waals surface area contributed by atoms with Crippen molar-refractivity contribution in [3.05, 3.63) is 17.5 Å². The highest BCUT2D eigenvalue weighted by molar-refractivity contribution is 5.14. The maximum atomic E-state index is 4.36. The second-order valence-electron chi connectivity index (χ2n) is 2.88. The highest BCUT2D eigenvalue weighted by atomic mass is 15.3. The van der Waals surface area contributed by atoms with E-state index in [1.807, 2.05) is 4.68 Å². The van der Waals surface area contributed by atoms with E-state index in [-0.39, 0.29) is 0 Å². The Morgan fingerprint density at radius 1 is 1.50 bits per heavy atom. The molecule has 0 radical (unpaired) electrons. The van der Waals surface area contributed by atoms with Crippen molar-refractivity contribution in [2.75, 3.05) is 6.54 Å². The highest BCUT2D eigenvalue weighted by Gasteiger charge is 2.01. The molecule has 0 aliphatic heterocycles. The van der Waals surface area contributed by atoms with Crippen LogP contribution in [0, 0.1) is 6.92 Å². The van der Waals surface area contributed by atoms with Crippen molar-refractivity contribution in [2.45, 2.75) is 33.9 Å². The lowest BCUT2D eigenvalue weighted by atomic mass is 10.2. The topological polar surface area (TPSA) is 29.9 Å². The van der Waals surface area contributed by atoms with Crippen molar-refractivity contribution >= 4 is 0 Å². The molecule has 0 unspecified atom stereocenters. The predicted molar refractivity (Wildman–Crippen MR) is 50.0 cm³/mol. The maximum absolute atomic E-state index is 4.36. The Hall–Kier alpha value is -0.830. The Kier molecular flexibility index (Phi) is 3.29. The van der Waals surface area contributed by atoms with E-state index < -0.39 is 0 Å². The summed E-state index contributed by atoms with van der Waals surface area (Å²) in [6, 6.07) is 0. The van der Waals surface area contributed by atoms with Crippen molar-refractivity contribution in [3.8, 4) is 0 Å². The Labute approximate surface area is 73.8 Å². The minimum atomic E-state index is 0.933. The molecule has 0 spiro atoms. The number of aryl methyl sites for hydroxylation is 2. The molecule has 0 aromatic carbocycles. The van der Waals surface area contributed by atoms with Gasteiger partial charge in [0.2, 0.25) is 0 Å². The third-order valence-electron chi connectivity index (χ3n) is 1.94. The summed E-state index contributed by atoms with van der Waals surface area (Å²) in [7, 11) is 0. The third-order valence-corrected chi connectivity index (χ3v) is 1.94. The molecule has 3 nitrogen and oxygen atoms in total. The first-order valence-electron chi connectivity index (χ1n) is 4.51. The van der Waals surface area contributed by atoms with Crippen LogP contribution in [0.2, 0.25) is 0 Å². The smallest absolute Gasteiger partial charge is 0.0638 e. The monoisotopic (exact) mass is 167 g/mol. The summed E-state index contributed by atoms with van der Waals surface area (Å²) in [5, 5.41) is 7.65. The Morgan fingerprint density at radius 2 is 2.25 bits per heavy atom. The fourth-order valence-corrected chi connectivity index (χ4v) is 1.15. The van der Waals surface area contributed by atoms with E-state index in [2.05, 4.69) is 37.4 Å². The predicted octanol–water partition coefficient (Wildman–Crippen LogP) is 1.32. The van der Waals surface area contributed by atoms with Crippen LogP contribution in [0.1, 0.15) is 25.1 Å². The van der Waals surface area contributed by atoms with E-state index in [9.17, 15) is 0 Å². The van der Waals surface area contributed by atoms with Crippen molar-refractivity contribution in [1.29, 1.82) is 0 Å². The molecule has 1 N–H and O–H groups in total. The molecule has 3 heteroatoms. The molecular weight excluding hydrogens is 150 g/mol. The zero-order valence-electron chi connectivity index (χ0n) is 8.09. The molecule has 0 bridgehead atoms. The van der Waals surface area contributed by atoms with Crippen molar-refractivity contribution in [3.63, 3.8) is 0 Å². The van der Waals surface area contributed by atoms with Crippen molar-refractivity contribution in [2.24, 2.45) is 0 Å². The van der Waals surface area contributed by atoms with E-state index in [1.54, 1.807) is 0 Å². The SMILES string of the molecule is CCNCc1cn(CC)nc1C. The first-order valence-corrected chi connectivity index (χ1v) is 4.51. The quantitative estimate of drug-likeness (QED) is 0.733. The van der Waals surface area contributed by atoms with Crippen LogP contribution in [0.4, 0.5) is 0 Å². The highest BCUT2D eigenvalue weighted by Crippen LogP contribution is 2.04. The fourth-order valence-electron chi connectivity index (χ4n) is 1.15. The molecule has 1 aromatic heterocycles. The van der Waals surface area contributed by atoms with Gasteiger partial charge in [-0.25, -0.2) is 0 Å².